The summed E-state index contributed by atoms with van der Waals surface area (Å²) in [6, 6.07) is 10.8. The molecule has 1 saturated carbocycles. The minimum Gasteiger partial charge on any atom is -0.465 e. The number of nitrogens with zero attached hydrogens (tertiary/aromatic N) is 4. The molecule has 1 aliphatic heterocycles. The highest BCUT2D eigenvalue weighted by atomic mass is 19.4. The Morgan fingerprint density at radius 2 is 1.77 bits per heavy atom. The van der Waals surface area contributed by atoms with Crippen LogP contribution in [-0.4, -0.2) is 50.0 Å². The summed E-state index contributed by atoms with van der Waals surface area (Å²) < 4.78 is 41.4. The second kappa shape index (κ2) is 10.7. The van der Waals surface area contributed by atoms with Gasteiger partial charge in [0.15, 0.2) is 0 Å². The van der Waals surface area contributed by atoms with Crippen LogP contribution in [0.2, 0.25) is 0 Å². The van der Waals surface area contributed by atoms with Crippen LogP contribution < -0.4 is 11.1 Å². The number of hydrogen-bond donors (Lipinski definition) is 3. The molecule has 0 bridgehead atoms. The van der Waals surface area contributed by atoms with Crippen molar-refractivity contribution in [3.05, 3.63) is 76.9 Å². The number of primary amides is 1. The topological polar surface area (TPSA) is 134 Å². The Hall–Kier alpha value is -4.22. The standard InChI is InChI=1S/C28H29F3N6O3/c29-28(30,31)21-16-34-25(35-19-6-8-22(33-15-19)18-9-13-37(14-10-18)26(39)40)36-23(21)7-5-17-3-1-2-4-20(17)27(11-12-27)24(32)38/h1-4,6,8,15-16,18H,5,7,9-14H2,(H2,32,38)(H,39,40)(H,34,35,36). The van der Waals surface area contributed by atoms with Gasteiger partial charge in [-0.25, -0.2) is 14.8 Å². The number of carboxylic acid groups (broad SMARTS) is 1. The Labute approximate surface area is 228 Å². The number of aromatic nitrogens is 3. The first-order valence-corrected chi connectivity index (χ1v) is 13.1. The molecule has 1 aliphatic carbocycles. The minimum absolute atomic E-state index is 0.00979. The fourth-order valence-electron chi connectivity index (χ4n) is 5.35. The normalized spacial score (nSPS) is 16.9. The molecule has 40 heavy (non-hydrogen) atoms. The molecule has 0 spiro atoms. The third-order valence-corrected chi connectivity index (χ3v) is 7.79. The van der Waals surface area contributed by atoms with Crippen LogP contribution in [0.1, 0.15) is 59.7 Å². The van der Waals surface area contributed by atoms with E-state index < -0.39 is 29.2 Å². The number of benzene rings is 1. The molecule has 12 heteroatoms. The second-order valence-electron chi connectivity index (χ2n) is 10.3. The highest BCUT2D eigenvalue weighted by molar-refractivity contribution is 5.90. The highest BCUT2D eigenvalue weighted by Crippen LogP contribution is 2.49. The molecule has 3 aromatic rings. The molecule has 3 heterocycles. The van der Waals surface area contributed by atoms with Gasteiger partial charge in [0.1, 0.15) is 0 Å². The van der Waals surface area contributed by atoms with Crippen molar-refractivity contribution < 1.29 is 27.9 Å². The van der Waals surface area contributed by atoms with Crippen LogP contribution in [0.25, 0.3) is 0 Å². The van der Waals surface area contributed by atoms with Gasteiger partial charge in [-0.2, -0.15) is 13.2 Å². The van der Waals surface area contributed by atoms with E-state index in [2.05, 4.69) is 20.3 Å². The van der Waals surface area contributed by atoms with E-state index >= 15 is 0 Å². The predicted molar refractivity (Wildman–Crippen MR) is 140 cm³/mol. The molecule has 9 nitrogen and oxygen atoms in total. The van der Waals surface area contributed by atoms with E-state index in [4.69, 9.17) is 10.8 Å². The van der Waals surface area contributed by atoms with Crippen molar-refractivity contribution in [1.29, 1.82) is 0 Å². The average molecular weight is 555 g/mol. The maximum absolute atomic E-state index is 13.8. The third kappa shape index (κ3) is 5.70. The van der Waals surface area contributed by atoms with Crippen LogP contribution in [0.5, 0.6) is 0 Å². The molecule has 4 N–H and O–H groups in total. The third-order valence-electron chi connectivity index (χ3n) is 7.79. The number of aryl methyl sites for hydroxylation is 2. The molecule has 1 saturated heterocycles. The fourth-order valence-corrected chi connectivity index (χ4v) is 5.35. The van der Waals surface area contributed by atoms with Crippen molar-refractivity contribution in [3.8, 4) is 0 Å². The van der Waals surface area contributed by atoms with E-state index in [0.717, 1.165) is 23.0 Å². The average Bonchev–Trinajstić information content (AvgIpc) is 3.74. The number of nitrogens with two attached hydrogens (primary N) is 1. The lowest BCUT2D eigenvalue weighted by atomic mass is 9.88. The van der Waals surface area contributed by atoms with Gasteiger partial charge in [-0.3, -0.25) is 9.78 Å². The lowest BCUT2D eigenvalue weighted by Gasteiger charge is -2.29. The second-order valence-corrected chi connectivity index (χ2v) is 10.3. The Bertz CT molecular complexity index is 1400. The van der Waals surface area contributed by atoms with E-state index in [1.54, 1.807) is 24.4 Å². The van der Waals surface area contributed by atoms with Gasteiger partial charge in [0.2, 0.25) is 11.9 Å². The van der Waals surface area contributed by atoms with Gasteiger partial charge in [0.05, 0.1) is 28.6 Å². The molecule has 5 rings (SSSR count). The van der Waals surface area contributed by atoms with Gasteiger partial charge in [-0.1, -0.05) is 24.3 Å². The maximum Gasteiger partial charge on any atom is 0.419 e. The molecule has 210 valence electrons. The summed E-state index contributed by atoms with van der Waals surface area (Å²) in [6.45, 7) is 0.885. The van der Waals surface area contributed by atoms with Crippen molar-refractivity contribution in [2.75, 3.05) is 18.4 Å². The smallest absolute Gasteiger partial charge is 0.419 e. The van der Waals surface area contributed by atoms with Crippen LogP contribution in [-0.2, 0) is 29.2 Å². The predicted octanol–water partition coefficient (Wildman–Crippen LogP) is 4.79. The quantitative estimate of drug-likeness (QED) is 0.364. The zero-order valence-corrected chi connectivity index (χ0v) is 21.6. The van der Waals surface area contributed by atoms with Crippen LogP contribution in [0.4, 0.5) is 29.6 Å². The summed E-state index contributed by atoms with van der Waals surface area (Å²) in [5, 5.41) is 12.1. The van der Waals surface area contributed by atoms with Crippen molar-refractivity contribution in [2.45, 2.75) is 56.0 Å². The van der Waals surface area contributed by atoms with Gasteiger partial charge in [0, 0.05) is 30.9 Å². The zero-order chi connectivity index (χ0) is 28.5. The lowest BCUT2D eigenvalue weighted by Crippen LogP contribution is -2.36. The monoisotopic (exact) mass is 554 g/mol. The van der Waals surface area contributed by atoms with Crippen LogP contribution in [0.3, 0.4) is 0 Å². The number of carbonyl (C=O) groups excluding carboxylic acids is 1. The van der Waals surface area contributed by atoms with E-state index in [-0.39, 0.29) is 30.4 Å². The number of alkyl halides is 3. The largest absolute Gasteiger partial charge is 0.465 e. The lowest BCUT2D eigenvalue weighted by molar-refractivity contribution is -0.138. The minimum atomic E-state index is -4.63. The van der Waals surface area contributed by atoms with Crippen molar-refractivity contribution in [3.63, 3.8) is 0 Å². The first kappa shape index (κ1) is 27.4. The number of hydrogen-bond acceptors (Lipinski definition) is 6. The number of piperidine rings is 1. The molecule has 0 unspecified atom stereocenters. The van der Waals surface area contributed by atoms with E-state index in [9.17, 15) is 22.8 Å². The number of halogens is 3. The Morgan fingerprint density at radius 3 is 2.38 bits per heavy atom. The molecule has 2 fully saturated rings. The van der Waals surface area contributed by atoms with Gasteiger partial charge in [0.25, 0.3) is 0 Å². The first-order valence-electron chi connectivity index (χ1n) is 13.1. The summed E-state index contributed by atoms with van der Waals surface area (Å²) >= 11 is 0. The number of amides is 2. The van der Waals surface area contributed by atoms with Crippen LogP contribution >= 0.6 is 0 Å². The number of nitrogens with one attached hydrogen (secondary N) is 1. The number of likely N-dealkylation sites (tertiary alicyclic amines) is 1. The summed E-state index contributed by atoms with van der Waals surface area (Å²) in [4.78, 5) is 37.2. The molecular formula is C28H29F3N6O3. The van der Waals surface area contributed by atoms with Crippen LogP contribution in [0.15, 0.2) is 48.8 Å². The zero-order valence-electron chi connectivity index (χ0n) is 21.6. The van der Waals surface area contributed by atoms with E-state index in [1.807, 2.05) is 18.2 Å². The Kier molecular flexibility index (Phi) is 7.35. The number of anilines is 2. The van der Waals surface area contributed by atoms with Crippen molar-refractivity contribution in [1.82, 2.24) is 19.9 Å². The van der Waals surface area contributed by atoms with Gasteiger partial charge in [-0.15, -0.1) is 0 Å². The van der Waals surface area contributed by atoms with Crippen LogP contribution in [0, 0.1) is 0 Å². The number of rotatable bonds is 8. The summed E-state index contributed by atoms with van der Waals surface area (Å²) in [7, 11) is 0. The maximum atomic E-state index is 13.8. The van der Waals surface area contributed by atoms with E-state index in [0.29, 0.717) is 44.5 Å². The Balaban J connectivity index is 1.31. The molecule has 2 aromatic heterocycles. The number of pyridine rings is 1. The summed E-state index contributed by atoms with van der Waals surface area (Å²) in [6.07, 6.45) is -0.379. The highest BCUT2D eigenvalue weighted by Gasteiger charge is 2.50. The molecule has 2 amide bonds. The van der Waals surface area contributed by atoms with Gasteiger partial charge >= 0.3 is 12.3 Å². The van der Waals surface area contributed by atoms with Gasteiger partial charge in [-0.05, 0) is 61.8 Å². The molecular weight excluding hydrogens is 525 g/mol. The summed E-state index contributed by atoms with van der Waals surface area (Å²) in [5.41, 5.74) is 6.71. The van der Waals surface area contributed by atoms with Crippen molar-refractivity contribution >= 4 is 23.6 Å². The number of carbonyl (C=O) groups is 2. The molecule has 0 atom stereocenters. The molecule has 0 radical (unpaired) electrons. The summed E-state index contributed by atoms with van der Waals surface area (Å²) in [5.74, 6) is -0.281. The SMILES string of the molecule is NC(=O)C1(c2ccccc2CCc2nc(Nc3ccc(C4CCN(C(=O)O)CC4)nc3)ncc2C(F)(F)F)CC1. The first-order chi connectivity index (χ1) is 19.1. The van der Waals surface area contributed by atoms with E-state index in [1.165, 1.54) is 4.90 Å². The molecule has 2 aliphatic rings. The fraction of sp³-hybridized carbons (Fsp3) is 0.393. The van der Waals surface area contributed by atoms with Crippen molar-refractivity contribution in [2.24, 2.45) is 5.73 Å². The Morgan fingerprint density at radius 1 is 1.05 bits per heavy atom. The molecule has 1 aromatic carbocycles. The van der Waals surface area contributed by atoms with Gasteiger partial charge < -0.3 is 21.1 Å².